The zero-order valence-electron chi connectivity index (χ0n) is 24.6. The second-order valence-electron chi connectivity index (χ2n) is 11.5. The maximum atomic E-state index is 3.97. The molecule has 0 saturated heterocycles. The van der Waals surface area contributed by atoms with Gasteiger partial charge in [0.25, 0.3) is 0 Å². The molecule has 210 valence electrons. The maximum absolute atomic E-state index is 3.97. The van der Waals surface area contributed by atoms with Crippen LogP contribution in [0.15, 0.2) is 159 Å². The molecule has 0 fully saturated rings. The Kier molecular flexibility index (Phi) is 6.27. The third-order valence-corrected chi connectivity index (χ3v) is 8.78. The fourth-order valence-electron chi connectivity index (χ4n) is 6.82. The average molecular weight is 565 g/mol. The Morgan fingerprint density at radius 3 is 1.64 bits per heavy atom. The summed E-state index contributed by atoms with van der Waals surface area (Å²) >= 11 is 0. The van der Waals surface area contributed by atoms with Crippen molar-refractivity contribution in [2.24, 2.45) is 0 Å². The van der Waals surface area contributed by atoms with Crippen molar-refractivity contribution in [3.63, 3.8) is 0 Å². The van der Waals surface area contributed by atoms with Gasteiger partial charge in [-0.3, -0.25) is 0 Å². The summed E-state index contributed by atoms with van der Waals surface area (Å²) in [6, 6.07) is 48.8. The van der Waals surface area contributed by atoms with E-state index in [4.69, 9.17) is 0 Å². The summed E-state index contributed by atoms with van der Waals surface area (Å²) < 4.78 is 4.77. The van der Waals surface area contributed by atoms with Gasteiger partial charge in [0.1, 0.15) is 0 Å². The molecule has 2 aromatic heterocycles. The van der Waals surface area contributed by atoms with Crippen LogP contribution in [0, 0.1) is 0 Å². The predicted octanol–water partition coefficient (Wildman–Crippen LogP) is 11.0. The Labute approximate surface area is 257 Å². The van der Waals surface area contributed by atoms with E-state index >= 15 is 0 Å². The maximum Gasteiger partial charge on any atom is 0.0541 e. The molecule has 0 aliphatic heterocycles. The lowest BCUT2D eigenvalue weighted by atomic mass is 10.0. The molecule has 0 atom stereocenters. The molecule has 2 nitrogen and oxygen atoms in total. The summed E-state index contributed by atoms with van der Waals surface area (Å²) in [5.74, 6) is 0. The van der Waals surface area contributed by atoms with Crippen LogP contribution < -0.4 is 0 Å². The van der Waals surface area contributed by atoms with E-state index in [9.17, 15) is 0 Å². The van der Waals surface area contributed by atoms with E-state index in [1.165, 1.54) is 71.6 Å². The van der Waals surface area contributed by atoms with Gasteiger partial charge in [-0.05, 0) is 102 Å². The van der Waals surface area contributed by atoms with Crippen molar-refractivity contribution in [3.8, 4) is 22.5 Å². The second kappa shape index (κ2) is 10.6. The van der Waals surface area contributed by atoms with Crippen molar-refractivity contribution >= 4 is 43.6 Å². The van der Waals surface area contributed by atoms with Crippen molar-refractivity contribution in [2.45, 2.75) is 12.8 Å². The largest absolute Gasteiger partial charge is 0.309 e. The van der Waals surface area contributed by atoms with Gasteiger partial charge in [-0.1, -0.05) is 78.9 Å². The van der Waals surface area contributed by atoms with E-state index in [1.807, 2.05) is 12.2 Å². The summed E-state index contributed by atoms with van der Waals surface area (Å²) in [6.45, 7) is 7.92. The van der Waals surface area contributed by atoms with Crippen LogP contribution >= 0.6 is 0 Å². The number of hydrogen-bond acceptors (Lipinski definition) is 0. The molecule has 6 aromatic carbocycles. The van der Waals surface area contributed by atoms with Gasteiger partial charge in [0.2, 0.25) is 0 Å². The summed E-state index contributed by atoms with van der Waals surface area (Å²) in [5, 5.41) is 5.06. The zero-order valence-corrected chi connectivity index (χ0v) is 24.6. The smallest absolute Gasteiger partial charge is 0.0541 e. The molecule has 0 radical (unpaired) electrons. The van der Waals surface area contributed by atoms with Crippen LogP contribution in [-0.2, 0) is 12.8 Å². The van der Waals surface area contributed by atoms with Gasteiger partial charge < -0.3 is 9.13 Å². The number of allylic oxidation sites excluding steroid dienone is 2. The minimum atomic E-state index is 0.851. The van der Waals surface area contributed by atoms with Gasteiger partial charge in [0, 0.05) is 32.9 Å². The molecular formula is C42H32N2. The Hall–Kier alpha value is -5.60. The number of hydrogen-bond donors (Lipinski definition) is 0. The van der Waals surface area contributed by atoms with Crippen molar-refractivity contribution in [1.29, 1.82) is 0 Å². The van der Waals surface area contributed by atoms with E-state index < -0.39 is 0 Å². The third kappa shape index (κ3) is 4.19. The van der Waals surface area contributed by atoms with E-state index in [2.05, 4.69) is 156 Å². The normalized spacial score (nSPS) is 11.5. The van der Waals surface area contributed by atoms with Crippen molar-refractivity contribution in [2.75, 3.05) is 0 Å². The monoisotopic (exact) mass is 564 g/mol. The first-order valence-electron chi connectivity index (χ1n) is 15.2. The van der Waals surface area contributed by atoms with Gasteiger partial charge >= 0.3 is 0 Å². The fourth-order valence-corrected chi connectivity index (χ4v) is 6.82. The molecule has 0 unspecified atom stereocenters. The lowest BCUT2D eigenvalue weighted by molar-refractivity contribution is 1.17. The Bertz CT molecular complexity index is 2370. The lowest BCUT2D eigenvalue weighted by Crippen LogP contribution is -1.95. The molecule has 2 heterocycles. The average Bonchev–Trinajstić information content (AvgIpc) is 3.57. The summed E-state index contributed by atoms with van der Waals surface area (Å²) in [7, 11) is 0. The lowest BCUT2D eigenvalue weighted by Gasteiger charge is -2.11. The molecule has 8 aromatic rings. The Balaban J connectivity index is 1.32. The number of benzene rings is 6. The van der Waals surface area contributed by atoms with E-state index in [1.54, 1.807) is 0 Å². The number of rotatable bonds is 7. The molecular weight excluding hydrogens is 532 g/mol. The molecule has 2 heteroatoms. The van der Waals surface area contributed by atoms with Crippen LogP contribution in [0.25, 0.3) is 66.1 Å². The summed E-state index contributed by atoms with van der Waals surface area (Å²) in [6.07, 6.45) is 5.66. The van der Waals surface area contributed by atoms with Crippen LogP contribution in [0.1, 0.15) is 11.1 Å². The minimum absolute atomic E-state index is 0.851. The first-order valence-corrected chi connectivity index (χ1v) is 15.2. The summed E-state index contributed by atoms with van der Waals surface area (Å²) in [4.78, 5) is 0. The van der Waals surface area contributed by atoms with Gasteiger partial charge in [0.15, 0.2) is 0 Å². The zero-order chi connectivity index (χ0) is 29.6. The molecule has 0 aliphatic rings. The van der Waals surface area contributed by atoms with Gasteiger partial charge in [-0.15, -0.1) is 13.2 Å². The highest BCUT2D eigenvalue weighted by Gasteiger charge is 2.16. The topological polar surface area (TPSA) is 9.86 Å². The quantitative estimate of drug-likeness (QED) is 0.170. The van der Waals surface area contributed by atoms with Crippen LogP contribution in [0.5, 0.6) is 0 Å². The SMILES string of the molecule is C=CCc1ccc2c(c1)c1ccccc1n2-c1cccc(-c2ccc3c(c2)c2cc(CC=C)ccc2n3-c2ccccc2)c1. The van der Waals surface area contributed by atoms with Crippen LogP contribution in [0.2, 0.25) is 0 Å². The first-order chi connectivity index (χ1) is 21.7. The molecule has 0 spiro atoms. The molecule has 0 saturated carbocycles. The van der Waals surface area contributed by atoms with Gasteiger partial charge in [-0.2, -0.15) is 0 Å². The highest BCUT2D eigenvalue weighted by atomic mass is 15.0. The standard InChI is InChI=1S/C42H32N2/c1-3-11-29-19-22-40-36(25-29)35-17-8-9-18-39(35)44(40)34-16-10-13-31(27-34)32-21-24-42-38(28-32)37-26-30(12-4-2)20-23-41(37)43(42)33-14-6-5-7-15-33/h3-10,13-28H,1-2,11-12H2. The number of fused-ring (bicyclic) bond motifs is 6. The molecule has 44 heavy (non-hydrogen) atoms. The van der Waals surface area contributed by atoms with E-state index in [-0.39, 0.29) is 0 Å². The van der Waals surface area contributed by atoms with Gasteiger partial charge in [-0.25, -0.2) is 0 Å². The van der Waals surface area contributed by atoms with Crippen molar-refractivity contribution < 1.29 is 0 Å². The molecule has 0 N–H and O–H groups in total. The first kappa shape index (κ1) is 26.1. The van der Waals surface area contributed by atoms with Crippen molar-refractivity contribution in [3.05, 3.63) is 170 Å². The second-order valence-corrected chi connectivity index (χ2v) is 11.5. The van der Waals surface area contributed by atoms with Crippen LogP contribution in [-0.4, -0.2) is 9.13 Å². The Morgan fingerprint density at radius 1 is 0.409 bits per heavy atom. The van der Waals surface area contributed by atoms with Gasteiger partial charge in [0.05, 0.1) is 22.1 Å². The summed E-state index contributed by atoms with van der Waals surface area (Å²) in [5.41, 5.74) is 12.1. The third-order valence-electron chi connectivity index (χ3n) is 8.78. The number of nitrogens with zero attached hydrogens (tertiary/aromatic N) is 2. The highest BCUT2D eigenvalue weighted by molar-refractivity contribution is 6.11. The van der Waals surface area contributed by atoms with Crippen molar-refractivity contribution in [1.82, 2.24) is 9.13 Å². The van der Waals surface area contributed by atoms with Crippen LogP contribution in [0.4, 0.5) is 0 Å². The predicted molar refractivity (Wildman–Crippen MR) is 188 cm³/mol. The molecule has 8 rings (SSSR count). The molecule has 0 amide bonds. The minimum Gasteiger partial charge on any atom is -0.309 e. The van der Waals surface area contributed by atoms with Crippen LogP contribution in [0.3, 0.4) is 0 Å². The molecule has 0 bridgehead atoms. The number of para-hydroxylation sites is 2. The fraction of sp³-hybridized carbons (Fsp3) is 0.0476. The Morgan fingerprint density at radius 2 is 0.932 bits per heavy atom. The van der Waals surface area contributed by atoms with E-state index in [0.29, 0.717) is 0 Å². The highest BCUT2D eigenvalue weighted by Crippen LogP contribution is 2.37. The number of aromatic nitrogens is 2. The van der Waals surface area contributed by atoms with E-state index in [0.717, 1.165) is 18.5 Å². The molecule has 0 aliphatic carbocycles.